The average molecular weight is 448 g/mol. The summed E-state index contributed by atoms with van der Waals surface area (Å²) in [6.45, 7) is 2.39. The number of carbonyl (C=O) groups is 1. The molecular formula is C25H26FN5O2. The summed E-state index contributed by atoms with van der Waals surface area (Å²) in [4.78, 5) is 33.3. The standard InChI is InChI=1S/C25H26FN5O2/c26-22-8-7-17(15-23-19-5-1-2-6-20(19)24(32)29-28-23)14-21(22)25(33)31-12-10-30(11-13-31)18-4-3-9-27-16-18/h3-4,7-9,14,16H,1-2,5-6,10-13,15H2,(H,29,32). The van der Waals surface area contributed by atoms with Crippen molar-refractivity contribution in [2.45, 2.75) is 32.1 Å². The van der Waals surface area contributed by atoms with E-state index in [2.05, 4.69) is 20.1 Å². The smallest absolute Gasteiger partial charge is 0.267 e. The molecule has 1 aliphatic carbocycles. The lowest BCUT2D eigenvalue weighted by atomic mass is 9.90. The number of piperazine rings is 1. The Morgan fingerprint density at radius 1 is 1.06 bits per heavy atom. The van der Waals surface area contributed by atoms with Gasteiger partial charge in [0.1, 0.15) is 5.82 Å². The summed E-state index contributed by atoms with van der Waals surface area (Å²) < 4.78 is 14.7. The van der Waals surface area contributed by atoms with Crippen LogP contribution >= 0.6 is 0 Å². The third kappa shape index (κ3) is 4.37. The van der Waals surface area contributed by atoms with Gasteiger partial charge in [-0.25, -0.2) is 9.49 Å². The van der Waals surface area contributed by atoms with Crippen molar-refractivity contribution in [3.05, 3.63) is 86.8 Å². The first-order valence-corrected chi connectivity index (χ1v) is 11.4. The molecule has 0 saturated carbocycles. The quantitative estimate of drug-likeness (QED) is 0.665. The van der Waals surface area contributed by atoms with Crippen molar-refractivity contribution >= 4 is 11.6 Å². The number of aromatic nitrogens is 3. The number of hydrogen-bond acceptors (Lipinski definition) is 5. The van der Waals surface area contributed by atoms with Gasteiger partial charge in [0.2, 0.25) is 0 Å². The number of anilines is 1. The van der Waals surface area contributed by atoms with Crippen LogP contribution in [0.3, 0.4) is 0 Å². The van der Waals surface area contributed by atoms with Gasteiger partial charge < -0.3 is 9.80 Å². The molecular weight excluding hydrogens is 421 g/mol. The van der Waals surface area contributed by atoms with Crippen molar-refractivity contribution in [1.82, 2.24) is 20.1 Å². The number of benzene rings is 1. The molecule has 1 fully saturated rings. The molecule has 8 heteroatoms. The Balaban J connectivity index is 1.32. The van der Waals surface area contributed by atoms with Crippen LogP contribution in [0.15, 0.2) is 47.5 Å². The van der Waals surface area contributed by atoms with E-state index in [-0.39, 0.29) is 17.0 Å². The largest absolute Gasteiger partial charge is 0.367 e. The molecule has 7 nitrogen and oxygen atoms in total. The zero-order valence-corrected chi connectivity index (χ0v) is 18.4. The molecule has 0 atom stereocenters. The Labute approximate surface area is 191 Å². The van der Waals surface area contributed by atoms with Gasteiger partial charge in [0.05, 0.1) is 23.1 Å². The van der Waals surface area contributed by atoms with E-state index in [0.29, 0.717) is 32.6 Å². The molecule has 3 heterocycles. The summed E-state index contributed by atoms with van der Waals surface area (Å²) in [5.74, 6) is -0.813. The SMILES string of the molecule is O=C(c1cc(Cc2n[nH]c(=O)c3c2CCCC3)ccc1F)N1CCN(c2cccnc2)CC1. The number of hydrogen-bond donors (Lipinski definition) is 1. The number of nitrogens with one attached hydrogen (secondary N) is 1. The van der Waals surface area contributed by atoms with E-state index in [9.17, 15) is 14.0 Å². The topological polar surface area (TPSA) is 82.2 Å². The Morgan fingerprint density at radius 2 is 1.85 bits per heavy atom. The van der Waals surface area contributed by atoms with Crippen molar-refractivity contribution < 1.29 is 9.18 Å². The summed E-state index contributed by atoms with van der Waals surface area (Å²) in [7, 11) is 0. The second-order valence-corrected chi connectivity index (χ2v) is 8.65. The lowest BCUT2D eigenvalue weighted by Gasteiger charge is -2.36. The van der Waals surface area contributed by atoms with Gasteiger partial charge in [0.15, 0.2) is 0 Å². The summed E-state index contributed by atoms with van der Waals surface area (Å²) >= 11 is 0. The van der Waals surface area contributed by atoms with Crippen molar-refractivity contribution in [2.75, 3.05) is 31.1 Å². The predicted octanol–water partition coefficient (Wildman–Crippen LogP) is 2.74. The minimum Gasteiger partial charge on any atom is -0.367 e. The molecule has 5 rings (SSSR count). The molecule has 1 amide bonds. The first-order chi connectivity index (χ1) is 16.1. The maximum Gasteiger partial charge on any atom is 0.267 e. The van der Waals surface area contributed by atoms with Gasteiger partial charge in [-0.05, 0) is 61.1 Å². The Kier molecular flexibility index (Phi) is 5.90. The molecule has 33 heavy (non-hydrogen) atoms. The maximum absolute atomic E-state index is 14.7. The van der Waals surface area contributed by atoms with Gasteiger partial charge in [-0.15, -0.1) is 0 Å². The number of aromatic amines is 1. The van der Waals surface area contributed by atoms with E-state index >= 15 is 0 Å². The summed E-state index contributed by atoms with van der Waals surface area (Å²) in [5, 5.41) is 6.88. The number of halogens is 1. The van der Waals surface area contributed by atoms with E-state index in [4.69, 9.17) is 0 Å². The lowest BCUT2D eigenvalue weighted by molar-refractivity contribution is 0.0742. The van der Waals surface area contributed by atoms with Crippen LogP contribution in [-0.2, 0) is 19.3 Å². The number of nitrogens with zero attached hydrogens (tertiary/aromatic N) is 4. The van der Waals surface area contributed by atoms with Crippen LogP contribution in [-0.4, -0.2) is 52.2 Å². The number of amides is 1. The van der Waals surface area contributed by atoms with Crippen molar-refractivity contribution in [2.24, 2.45) is 0 Å². The highest BCUT2D eigenvalue weighted by Crippen LogP contribution is 2.23. The lowest BCUT2D eigenvalue weighted by Crippen LogP contribution is -2.49. The highest BCUT2D eigenvalue weighted by Gasteiger charge is 2.25. The fourth-order valence-corrected chi connectivity index (χ4v) is 4.79. The van der Waals surface area contributed by atoms with Gasteiger partial charge in [0.25, 0.3) is 11.5 Å². The van der Waals surface area contributed by atoms with Crippen LogP contribution in [0.1, 0.15) is 45.6 Å². The summed E-state index contributed by atoms with van der Waals surface area (Å²) in [6, 6.07) is 8.56. The van der Waals surface area contributed by atoms with E-state index in [1.165, 1.54) is 6.07 Å². The van der Waals surface area contributed by atoms with Gasteiger partial charge >= 0.3 is 0 Å². The second kappa shape index (κ2) is 9.13. The fraction of sp³-hybridized carbons (Fsp3) is 0.360. The number of fused-ring (bicyclic) bond motifs is 1. The molecule has 2 aliphatic rings. The molecule has 1 aromatic carbocycles. The number of H-pyrrole nitrogens is 1. The molecule has 0 spiro atoms. The Hall–Kier alpha value is -3.55. The van der Waals surface area contributed by atoms with Crippen LogP contribution in [0, 0.1) is 5.82 Å². The number of carbonyl (C=O) groups excluding carboxylic acids is 1. The van der Waals surface area contributed by atoms with Gasteiger partial charge in [0, 0.05) is 44.4 Å². The molecule has 1 saturated heterocycles. The van der Waals surface area contributed by atoms with E-state index in [1.807, 2.05) is 18.3 Å². The molecule has 0 radical (unpaired) electrons. The molecule has 0 unspecified atom stereocenters. The Bertz CT molecular complexity index is 1220. The van der Waals surface area contributed by atoms with E-state index in [1.54, 1.807) is 23.2 Å². The monoisotopic (exact) mass is 447 g/mol. The van der Waals surface area contributed by atoms with Crippen molar-refractivity contribution in [3.8, 4) is 0 Å². The minimum atomic E-state index is -0.519. The molecule has 2 aromatic heterocycles. The third-order valence-corrected chi connectivity index (χ3v) is 6.59. The number of pyridine rings is 1. The van der Waals surface area contributed by atoms with Crippen molar-refractivity contribution in [1.29, 1.82) is 0 Å². The van der Waals surface area contributed by atoms with Crippen LogP contribution in [0.2, 0.25) is 0 Å². The maximum atomic E-state index is 14.7. The molecule has 1 N–H and O–H groups in total. The minimum absolute atomic E-state index is 0.0839. The highest BCUT2D eigenvalue weighted by molar-refractivity contribution is 5.95. The highest BCUT2D eigenvalue weighted by atomic mass is 19.1. The summed E-state index contributed by atoms with van der Waals surface area (Å²) in [6.07, 6.45) is 7.62. The molecule has 1 aliphatic heterocycles. The summed E-state index contributed by atoms with van der Waals surface area (Å²) in [5.41, 5.74) is 4.43. The van der Waals surface area contributed by atoms with E-state index in [0.717, 1.165) is 53.8 Å². The molecule has 0 bridgehead atoms. The van der Waals surface area contributed by atoms with Crippen molar-refractivity contribution in [3.63, 3.8) is 0 Å². The number of rotatable bonds is 4. The van der Waals surface area contributed by atoms with E-state index < -0.39 is 5.82 Å². The van der Waals surface area contributed by atoms with Gasteiger partial charge in [-0.1, -0.05) is 6.07 Å². The van der Waals surface area contributed by atoms with Crippen LogP contribution in [0.4, 0.5) is 10.1 Å². The second-order valence-electron chi connectivity index (χ2n) is 8.65. The fourth-order valence-electron chi connectivity index (χ4n) is 4.79. The first kappa shape index (κ1) is 21.3. The molecule has 170 valence electrons. The van der Waals surface area contributed by atoms with Crippen LogP contribution < -0.4 is 10.5 Å². The van der Waals surface area contributed by atoms with Gasteiger partial charge in [-0.2, -0.15) is 5.10 Å². The molecule has 3 aromatic rings. The normalized spacial score (nSPS) is 15.9. The average Bonchev–Trinajstić information content (AvgIpc) is 2.87. The Morgan fingerprint density at radius 3 is 2.61 bits per heavy atom. The van der Waals surface area contributed by atoms with Crippen LogP contribution in [0.25, 0.3) is 0 Å². The third-order valence-electron chi connectivity index (χ3n) is 6.59. The first-order valence-electron chi connectivity index (χ1n) is 11.4. The predicted molar refractivity (Wildman–Crippen MR) is 123 cm³/mol. The zero-order valence-electron chi connectivity index (χ0n) is 18.4. The van der Waals surface area contributed by atoms with Crippen LogP contribution in [0.5, 0.6) is 0 Å². The zero-order chi connectivity index (χ0) is 22.8. The van der Waals surface area contributed by atoms with Gasteiger partial charge in [-0.3, -0.25) is 14.6 Å².